The lowest BCUT2D eigenvalue weighted by molar-refractivity contribution is -0.152. The number of nitrogens with zero attached hydrogens (tertiary/aromatic N) is 2. The van der Waals surface area contributed by atoms with Crippen LogP contribution in [-0.2, 0) is 29.0 Å². The molecule has 3 fully saturated rings. The van der Waals surface area contributed by atoms with E-state index in [1.807, 2.05) is 0 Å². The summed E-state index contributed by atoms with van der Waals surface area (Å²) in [5, 5.41) is 10.7. The molecule has 11 heteroatoms. The van der Waals surface area contributed by atoms with Crippen molar-refractivity contribution in [2.24, 2.45) is 0 Å². The lowest BCUT2D eigenvalue weighted by atomic mass is 9.97. The maximum absolute atomic E-state index is 12.8. The lowest BCUT2D eigenvalue weighted by Gasteiger charge is -2.37. The van der Waals surface area contributed by atoms with E-state index < -0.39 is 61.8 Å². The third-order valence-electron chi connectivity index (χ3n) is 5.77. The number of β-lactam (4-membered cyclic amide) rings is 1. The van der Waals surface area contributed by atoms with Crippen LogP contribution in [0.4, 0.5) is 0 Å². The summed E-state index contributed by atoms with van der Waals surface area (Å²) < 4.78 is 23.7. The van der Waals surface area contributed by atoms with E-state index in [2.05, 4.69) is 5.32 Å². The predicted molar refractivity (Wildman–Crippen MR) is 92.0 cm³/mol. The minimum atomic E-state index is -3.71. The van der Waals surface area contributed by atoms with Crippen molar-refractivity contribution in [3.8, 4) is 0 Å². The van der Waals surface area contributed by atoms with E-state index in [0.29, 0.717) is 12.8 Å². The molecule has 0 aromatic carbocycles. The Balaban J connectivity index is 1.76. The fraction of sp³-hybridized carbons (Fsp3) is 0.750. The van der Waals surface area contributed by atoms with Crippen molar-refractivity contribution < 1.29 is 32.7 Å². The third-order valence-corrected chi connectivity index (χ3v) is 8.57. The van der Waals surface area contributed by atoms with Gasteiger partial charge in [0.15, 0.2) is 9.84 Å². The highest BCUT2D eigenvalue weighted by molar-refractivity contribution is 7.93. The molecule has 0 aliphatic carbocycles. The summed E-state index contributed by atoms with van der Waals surface area (Å²) in [6, 6.07) is -3.19. The lowest BCUT2D eigenvalue weighted by Crippen LogP contribution is -2.61. The van der Waals surface area contributed by atoms with E-state index >= 15 is 0 Å². The van der Waals surface area contributed by atoms with Crippen molar-refractivity contribution >= 4 is 33.5 Å². The monoisotopic (exact) mass is 401 g/mol. The van der Waals surface area contributed by atoms with Gasteiger partial charge in [-0.05, 0) is 33.6 Å². The van der Waals surface area contributed by atoms with Gasteiger partial charge in [0.05, 0.1) is 11.2 Å². The fourth-order valence-corrected chi connectivity index (χ4v) is 6.28. The molecule has 0 spiro atoms. The quantitative estimate of drug-likeness (QED) is 0.558. The minimum Gasteiger partial charge on any atom is -0.480 e. The molecule has 3 rings (SSSR count). The summed E-state index contributed by atoms with van der Waals surface area (Å²) in [5.74, 6) is -2.79. The number of hydrogen-bond donors (Lipinski definition) is 2. The first-order valence-corrected chi connectivity index (χ1v) is 10.3. The van der Waals surface area contributed by atoms with Gasteiger partial charge in [-0.2, -0.15) is 0 Å². The second kappa shape index (κ2) is 6.18. The first-order chi connectivity index (χ1) is 12.4. The Hall–Kier alpha value is -2.17. The number of carbonyl (C=O) groups is 4. The van der Waals surface area contributed by atoms with Crippen molar-refractivity contribution in [3.63, 3.8) is 0 Å². The number of rotatable bonds is 4. The average molecular weight is 401 g/mol. The molecular formula is C16H23N3O7S. The fourth-order valence-electron chi connectivity index (χ4n) is 4.14. The van der Waals surface area contributed by atoms with Gasteiger partial charge in [0.25, 0.3) is 0 Å². The smallest absolute Gasteiger partial charge is 0.326 e. The SMILES string of the molecule is CC(NC(=O)C1N2C(=O)CC2S(=O)(=O)C1(C)C)C(=O)N1CCCC1C(=O)O. The Morgan fingerprint density at radius 2 is 1.93 bits per heavy atom. The molecule has 3 amide bonds. The minimum absolute atomic E-state index is 0.141. The van der Waals surface area contributed by atoms with Crippen LogP contribution in [0.1, 0.15) is 40.0 Å². The second-order valence-electron chi connectivity index (χ2n) is 7.77. The highest BCUT2D eigenvalue weighted by Gasteiger charge is 2.67. The molecule has 3 saturated heterocycles. The summed E-state index contributed by atoms with van der Waals surface area (Å²) in [5.41, 5.74) is 0. The Morgan fingerprint density at radius 1 is 1.30 bits per heavy atom. The van der Waals surface area contributed by atoms with Crippen LogP contribution >= 0.6 is 0 Å². The number of fused-ring (bicyclic) bond motifs is 1. The number of amides is 3. The van der Waals surface area contributed by atoms with Crippen molar-refractivity contribution in [2.75, 3.05) is 6.54 Å². The number of nitrogens with one attached hydrogen (secondary N) is 1. The predicted octanol–water partition coefficient (Wildman–Crippen LogP) is -1.30. The van der Waals surface area contributed by atoms with Crippen molar-refractivity contribution in [3.05, 3.63) is 0 Å². The Morgan fingerprint density at radius 3 is 2.48 bits per heavy atom. The molecule has 10 nitrogen and oxygen atoms in total. The summed E-state index contributed by atoms with van der Waals surface area (Å²) in [6.45, 7) is 4.49. The van der Waals surface area contributed by atoms with E-state index in [0.717, 1.165) is 4.90 Å². The van der Waals surface area contributed by atoms with E-state index in [1.54, 1.807) is 0 Å². The zero-order valence-corrected chi connectivity index (χ0v) is 16.2. The number of likely N-dealkylation sites (tertiary alicyclic amines) is 1. The Kier molecular flexibility index (Phi) is 4.48. The van der Waals surface area contributed by atoms with Gasteiger partial charge in [-0.15, -0.1) is 0 Å². The standard InChI is InChI=1S/C16H23N3O7S/c1-8(14(22)18-6-4-5-9(18)15(23)24)17-13(21)12-16(2,3)27(25,26)11-7-10(20)19(11)12/h8-9,11-12H,4-7H2,1-3H3,(H,17,21)(H,23,24). The molecule has 4 atom stereocenters. The van der Waals surface area contributed by atoms with Crippen LogP contribution < -0.4 is 5.32 Å². The largest absolute Gasteiger partial charge is 0.480 e. The van der Waals surface area contributed by atoms with Gasteiger partial charge in [0.2, 0.25) is 17.7 Å². The van der Waals surface area contributed by atoms with E-state index in [4.69, 9.17) is 0 Å². The topological polar surface area (TPSA) is 141 Å². The molecule has 3 aliphatic heterocycles. The Labute approximate surface area is 156 Å². The second-order valence-corrected chi connectivity index (χ2v) is 10.5. The number of carbonyl (C=O) groups excluding carboxylic acids is 3. The molecule has 0 aromatic rings. The summed E-state index contributed by atoms with van der Waals surface area (Å²) in [4.78, 5) is 50.8. The van der Waals surface area contributed by atoms with Crippen molar-refractivity contribution in [2.45, 2.75) is 68.3 Å². The van der Waals surface area contributed by atoms with Gasteiger partial charge in [-0.25, -0.2) is 13.2 Å². The average Bonchev–Trinajstić information content (AvgIpc) is 3.09. The van der Waals surface area contributed by atoms with Gasteiger partial charge >= 0.3 is 5.97 Å². The van der Waals surface area contributed by atoms with E-state index in [-0.39, 0.29) is 13.0 Å². The van der Waals surface area contributed by atoms with E-state index in [1.165, 1.54) is 25.7 Å². The van der Waals surface area contributed by atoms with Crippen LogP contribution in [0.2, 0.25) is 0 Å². The van der Waals surface area contributed by atoms with Crippen LogP contribution in [0.25, 0.3) is 0 Å². The third kappa shape index (κ3) is 2.70. The molecule has 27 heavy (non-hydrogen) atoms. The zero-order chi connectivity index (χ0) is 20.3. The maximum Gasteiger partial charge on any atom is 0.326 e. The van der Waals surface area contributed by atoms with Crippen LogP contribution in [-0.4, -0.2) is 81.8 Å². The molecule has 0 bridgehead atoms. The van der Waals surface area contributed by atoms with Gasteiger partial charge in [-0.3, -0.25) is 14.4 Å². The van der Waals surface area contributed by atoms with Gasteiger partial charge < -0.3 is 20.2 Å². The summed E-state index contributed by atoms with van der Waals surface area (Å²) in [6.07, 6.45) is 0.763. The number of carboxylic acids is 1. The molecular weight excluding hydrogens is 378 g/mol. The molecule has 3 heterocycles. The number of hydrogen-bond acceptors (Lipinski definition) is 6. The molecule has 0 radical (unpaired) electrons. The van der Waals surface area contributed by atoms with Crippen LogP contribution in [0.15, 0.2) is 0 Å². The maximum atomic E-state index is 12.8. The van der Waals surface area contributed by atoms with Gasteiger partial charge in [0, 0.05) is 6.54 Å². The number of aliphatic carboxylic acids is 1. The summed E-state index contributed by atoms with van der Waals surface area (Å²) >= 11 is 0. The Bertz CT molecular complexity index is 822. The van der Waals surface area contributed by atoms with Crippen molar-refractivity contribution in [1.82, 2.24) is 15.1 Å². The molecule has 2 N–H and O–H groups in total. The van der Waals surface area contributed by atoms with Gasteiger partial charge in [-0.1, -0.05) is 0 Å². The van der Waals surface area contributed by atoms with Crippen LogP contribution in [0, 0.1) is 0 Å². The number of sulfone groups is 1. The van der Waals surface area contributed by atoms with E-state index in [9.17, 15) is 32.7 Å². The zero-order valence-electron chi connectivity index (χ0n) is 15.3. The summed E-state index contributed by atoms with van der Waals surface area (Å²) in [7, 11) is -3.71. The van der Waals surface area contributed by atoms with Gasteiger partial charge in [0.1, 0.15) is 23.5 Å². The molecule has 150 valence electrons. The number of carboxylic acid groups (broad SMARTS) is 1. The van der Waals surface area contributed by atoms with Crippen LogP contribution in [0.5, 0.6) is 0 Å². The molecule has 0 aromatic heterocycles. The first kappa shape index (κ1) is 19.6. The highest BCUT2D eigenvalue weighted by Crippen LogP contribution is 2.45. The first-order valence-electron chi connectivity index (χ1n) is 8.79. The van der Waals surface area contributed by atoms with Crippen molar-refractivity contribution in [1.29, 1.82) is 0 Å². The molecule has 0 saturated carbocycles. The molecule has 4 unspecified atom stereocenters. The highest BCUT2D eigenvalue weighted by atomic mass is 32.2. The van der Waals surface area contributed by atoms with Crippen LogP contribution in [0.3, 0.4) is 0 Å². The normalized spacial score (nSPS) is 31.8. The molecule has 3 aliphatic rings.